The van der Waals surface area contributed by atoms with Crippen LogP contribution in [0.3, 0.4) is 0 Å². The second-order valence-electron chi connectivity index (χ2n) is 7.06. The number of hydrogen-bond donors (Lipinski definition) is 1. The predicted octanol–water partition coefficient (Wildman–Crippen LogP) is 3.55. The van der Waals surface area contributed by atoms with Crippen molar-refractivity contribution >= 4 is 5.91 Å². The van der Waals surface area contributed by atoms with Gasteiger partial charge >= 0.3 is 0 Å². The molecule has 3 rings (SSSR count). The molecule has 1 aromatic heterocycles. The van der Waals surface area contributed by atoms with Crippen LogP contribution in [0.15, 0.2) is 48.7 Å². The van der Waals surface area contributed by atoms with Gasteiger partial charge in [0.25, 0.3) is 0 Å². The Morgan fingerprint density at radius 3 is 2.86 bits per heavy atom. The van der Waals surface area contributed by atoms with Crippen molar-refractivity contribution in [1.29, 1.82) is 0 Å². The molecule has 0 saturated carbocycles. The lowest BCUT2D eigenvalue weighted by atomic mass is 10.1. The summed E-state index contributed by atoms with van der Waals surface area (Å²) in [4.78, 5) is 19.3. The maximum Gasteiger partial charge on any atom is 0.223 e. The van der Waals surface area contributed by atoms with Gasteiger partial charge in [0.1, 0.15) is 0 Å². The maximum atomic E-state index is 13.6. The number of rotatable bonds is 8. The van der Waals surface area contributed by atoms with E-state index in [4.69, 9.17) is 4.74 Å². The fourth-order valence-electron chi connectivity index (χ4n) is 3.51. The highest BCUT2D eigenvalue weighted by molar-refractivity contribution is 5.76. The van der Waals surface area contributed by atoms with Crippen LogP contribution in [0.5, 0.6) is 5.75 Å². The van der Waals surface area contributed by atoms with E-state index in [1.807, 2.05) is 23.1 Å². The van der Waals surface area contributed by atoms with Crippen LogP contribution in [0.25, 0.3) is 0 Å². The lowest BCUT2D eigenvalue weighted by molar-refractivity contribution is -0.134. The summed E-state index contributed by atoms with van der Waals surface area (Å²) in [5, 5.41) is 3.40. The summed E-state index contributed by atoms with van der Waals surface area (Å²) < 4.78 is 19.1. The van der Waals surface area contributed by atoms with Gasteiger partial charge in [-0.25, -0.2) is 4.39 Å². The van der Waals surface area contributed by atoms with Crippen LogP contribution in [-0.2, 0) is 11.3 Å². The SMILES string of the molecule is O=C(CCCOc1ccccc1F)N(Cc1ccccn1)C1CCCNCC1. The maximum absolute atomic E-state index is 13.6. The van der Waals surface area contributed by atoms with Crippen LogP contribution in [0.1, 0.15) is 37.8 Å². The highest BCUT2D eigenvalue weighted by Gasteiger charge is 2.24. The van der Waals surface area contributed by atoms with Crippen molar-refractivity contribution in [2.45, 2.75) is 44.7 Å². The molecule has 1 N–H and O–H groups in total. The molecule has 1 atom stereocenters. The number of halogens is 1. The van der Waals surface area contributed by atoms with E-state index in [9.17, 15) is 9.18 Å². The Morgan fingerprint density at radius 1 is 1.18 bits per heavy atom. The van der Waals surface area contributed by atoms with Crippen LogP contribution in [0.4, 0.5) is 4.39 Å². The summed E-state index contributed by atoms with van der Waals surface area (Å²) in [6.07, 6.45) is 5.70. The van der Waals surface area contributed by atoms with Crippen molar-refractivity contribution in [3.05, 3.63) is 60.2 Å². The first-order chi connectivity index (χ1) is 13.7. The molecular formula is C22H28FN3O2. The van der Waals surface area contributed by atoms with Crippen molar-refractivity contribution < 1.29 is 13.9 Å². The van der Waals surface area contributed by atoms with Crippen molar-refractivity contribution in [3.63, 3.8) is 0 Å². The van der Waals surface area contributed by atoms with Crippen LogP contribution in [-0.4, -0.2) is 41.5 Å². The molecule has 0 spiro atoms. The zero-order valence-electron chi connectivity index (χ0n) is 16.1. The van der Waals surface area contributed by atoms with Gasteiger partial charge in [0.05, 0.1) is 18.8 Å². The normalized spacial score (nSPS) is 17.0. The lowest BCUT2D eigenvalue weighted by Crippen LogP contribution is -2.40. The Hall–Kier alpha value is -2.47. The van der Waals surface area contributed by atoms with Gasteiger partial charge in [-0.3, -0.25) is 9.78 Å². The molecule has 0 aliphatic carbocycles. The molecule has 1 aliphatic heterocycles. The molecule has 1 aromatic carbocycles. The molecule has 6 heteroatoms. The van der Waals surface area contributed by atoms with Gasteiger partial charge in [0.2, 0.25) is 5.91 Å². The molecule has 5 nitrogen and oxygen atoms in total. The average Bonchev–Trinajstić information content (AvgIpc) is 3.00. The standard InChI is InChI=1S/C22H28FN3O2/c23-20-9-1-2-10-21(20)28-16-6-11-22(27)26(17-18-7-3-4-14-25-18)19-8-5-13-24-15-12-19/h1-4,7,9-10,14,19,24H,5-6,8,11-13,15-17H2. The largest absolute Gasteiger partial charge is 0.491 e. The minimum Gasteiger partial charge on any atom is -0.491 e. The first-order valence-electron chi connectivity index (χ1n) is 10.0. The molecule has 1 unspecified atom stereocenters. The number of nitrogens with zero attached hydrogens (tertiary/aromatic N) is 2. The van der Waals surface area contributed by atoms with Crippen LogP contribution in [0.2, 0.25) is 0 Å². The van der Waals surface area contributed by atoms with E-state index in [1.165, 1.54) is 6.07 Å². The molecule has 150 valence electrons. The highest BCUT2D eigenvalue weighted by Crippen LogP contribution is 2.19. The Kier molecular flexibility index (Phi) is 7.79. The number of amides is 1. The molecular weight excluding hydrogens is 357 g/mol. The Morgan fingerprint density at radius 2 is 2.04 bits per heavy atom. The van der Waals surface area contributed by atoms with Crippen LogP contribution in [0, 0.1) is 5.82 Å². The van der Waals surface area contributed by atoms with Gasteiger partial charge in [-0.05, 0) is 63.0 Å². The summed E-state index contributed by atoms with van der Waals surface area (Å²) in [5.41, 5.74) is 0.899. The molecule has 0 bridgehead atoms. The molecule has 1 saturated heterocycles. The Bertz CT molecular complexity index is 734. The number of benzene rings is 1. The third-order valence-corrected chi connectivity index (χ3v) is 4.99. The van der Waals surface area contributed by atoms with Crippen LogP contribution < -0.4 is 10.1 Å². The lowest BCUT2D eigenvalue weighted by Gasteiger charge is -2.31. The second kappa shape index (κ2) is 10.8. The number of para-hydroxylation sites is 1. The number of pyridine rings is 1. The van der Waals surface area contributed by atoms with Crippen molar-refractivity contribution in [1.82, 2.24) is 15.2 Å². The van der Waals surface area contributed by atoms with Crippen molar-refractivity contribution in [2.75, 3.05) is 19.7 Å². The van der Waals surface area contributed by atoms with Gasteiger partial charge in [-0.1, -0.05) is 18.2 Å². The van der Waals surface area contributed by atoms with Crippen molar-refractivity contribution in [3.8, 4) is 5.75 Å². The topological polar surface area (TPSA) is 54.5 Å². The van der Waals surface area contributed by atoms with Gasteiger partial charge in [0.15, 0.2) is 11.6 Å². The number of hydrogen-bond acceptors (Lipinski definition) is 4. The van der Waals surface area contributed by atoms with E-state index in [-0.39, 0.29) is 23.5 Å². The van der Waals surface area contributed by atoms with E-state index in [2.05, 4.69) is 10.3 Å². The Balaban J connectivity index is 1.56. The highest BCUT2D eigenvalue weighted by atomic mass is 19.1. The fraction of sp³-hybridized carbons (Fsp3) is 0.455. The molecule has 2 heterocycles. The minimum absolute atomic E-state index is 0.106. The number of nitrogens with one attached hydrogen (secondary N) is 1. The van der Waals surface area contributed by atoms with Gasteiger partial charge < -0.3 is 15.0 Å². The zero-order valence-corrected chi connectivity index (χ0v) is 16.1. The van der Waals surface area contributed by atoms with Crippen LogP contribution >= 0.6 is 0 Å². The smallest absolute Gasteiger partial charge is 0.223 e. The number of aromatic nitrogens is 1. The molecule has 1 amide bonds. The number of ether oxygens (including phenoxy) is 1. The third-order valence-electron chi connectivity index (χ3n) is 4.99. The zero-order chi connectivity index (χ0) is 19.6. The van der Waals surface area contributed by atoms with Gasteiger partial charge in [-0.2, -0.15) is 0 Å². The number of carbonyl (C=O) groups excluding carboxylic acids is 1. The minimum atomic E-state index is -0.378. The summed E-state index contributed by atoms with van der Waals surface area (Å²) in [6, 6.07) is 12.3. The van der Waals surface area contributed by atoms with E-state index < -0.39 is 0 Å². The summed E-state index contributed by atoms with van der Waals surface area (Å²) >= 11 is 0. The monoisotopic (exact) mass is 385 g/mol. The van der Waals surface area contributed by atoms with E-state index in [1.54, 1.807) is 24.4 Å². The summed E-state index contributed by atoms with van der Waals surface area (Å²) in [6.45, 7) is 2.76. The van der Waals surface area contributed by atoms with E-state index in [0.29, 0.717) is 26.0 Å². The summed E-state index contributed by atoms with van der Waals surface area (Å²) in [5.74, 6) is -0.0404. The Labute approximate surface area is 165 Å². The molecule has 1 fully saturated rings. The van der Waals surface area contributed by atoms with Crippen molar-refractivity contribution in [2.24, 2.45) is 0 Å². The first-order valence-corrected chi connectivity index (χ1v) is 10.0. The van der Waals surface area contributed by atoms with Gasteiger partial charge in [-0.15, -0.1) is 0 Å². The first kappa shape index (κ1) is 20.3. The van der Waals surface area contributed by atoms with Gasteiger partial charge in [0, 0.05) is 18.7 Å². The average molecular weight is 385 g/mol. The predicted molar refractivity (Wildman–Crippen MR) is 106 cm³/mol. The number of carbonyl (C=O) groups is 1. The quantitative estimate of drug-likeness (QED) is 0.706. The molecule has 1 aliphatic rings. The summed E-state index contributed by atoms with van der Waals surface area (Å²) in [7, 11) is 0. The molecule has 2 aromatic rings. The fourth-order valence-corrected chi connectivity index (χ4v) is 3.51. The third kappa shape index (κ3) is 6.02. The molecule has 28 heavy (non-hydrogen) atoms. The second-order valence-corrected chi connectivity index (χ2v) is 7.06. The van der Waals surface area contributed by atoms with E-state index >= 15 is 0 Å². The molecule has 0 radical (unpaired) electrons. The van der Waals surface area contributed by atoms with E-state index in [0.717, 1.165) is 38.0 Å².